The molecule has 74 valence electrons. The van der Waals surface area contributed by atoms with Gasteiger partial charge in [-0.3, -0.25) is 0 Å². The van der Waals surface area contributed by atoms with Crippen LogP contribution in [0, 0.1) is 0 Å². The Balaban J connectivity index is 2.69. The van der Waals surface area contributed by atoms with E-state index in [4.69, 9.17) is 4.74 Å². The van der Waals surface area contributed by atoms with Crippen LogP contribution in [0.1, 0.15) is 32.6 Å². The smallest absolute Gasteiger partial charge is 0.407 e. The van der Waals surface area contributed by atoms with E-state index in [1.54, 1.807) is 0 Å². The summed E-state index contributed by atoms with van der Waals surface area (Å²) in [5.74, 6) is 0. The molecule has 0 spiro atoms. The van der Waals surface area contributed by atoms with E-state index in [0.29, 0.717) is 0 Å². The summed E-state index contributed by atoms with van der Waals surface area (Å²) in [4.78, 5) is 11.2. The number of rotatable bonds is 3. The van der Waals surface area contributed by atoms with E-state index in [2.05, 4.69) is 11.9 Å². The van der Waals surface area contributed by atoms with Crippen LogP contribution in [0.2, 0.25) is 0 Å². The van der Waals surface area contributed by atoms with Gasteiger partial charge >= 0.3 is 6.09 Å². The Labute approximate surface area is 79.2 Å². The molecule has 1 N–H and O–H groups in total. The monoisotopic (exact) mass is 183 g/mol. The minimum atomic E-state index is -0.303. The van der Waals surface area contributed by atoms with Crippen LogP contribution in [0.25, 0.3) is 0 Å². The highest BCUT2D eigenvalue weighted by atomic mass is 16.6. The zero-order valence-electron chi connectivity index (χ0n) is 8.14. The molecule has 0 aromatic heterocycles. The number of hydrogen-bond donors (Lipinski definition) is 1. The first-order chi connectivity index (χ1) is 6.22. The highest BCUT2D eigenvalue weighted by molar-refractivity contribution is 5.68. The first-order valence-corrected chi connectivity index (χ1v) is 4.80. The molecule has 1 fully saturated rings. The van der Waals surface area contributed by atoms with Gasteiger partial charge in [0.15, 0.2) is 0 Å². The average Bonchev–Trinajstić information content (AvgIpc) is 2.29. The van der Waals surface area contributed by atoms with Gasteiger partial charge in [-0.1, -0.05) is 13.0 Å². The van der Waals surface area contributed by atoms with E-state index < -0.39 is 0 Å². The summed E-state index contributed by atoms with van der Waals surface area (Å²) in [5, 5.41) is 2.70. The number of carbonyl (C=O) groups excluding carboxylic acids is 1. The number of carbonyl (C=O) groups is 1. The number of ether oxygens (including phenoxy) is 1. The molecule has 13 heavy (non-hydrogen) atoms. The van der Waals surface area contributed by atoms with Gasteiger partial charge in [0.2, 0.25) is 0 Å². The molecule has 0 aliphatic carbocycles. The van der Waals surface area contributed by atoms with E-state index in [1.165, 1.54) is 0 Å². The van der Waals surface area contributed by atoms with Gasteiger partial charge in [-0.05, 0) is 19.3 Å². The lowest BCUT2D eigenvalue weighted by molar-refractivity contribution is 0.0117. The second-order valence-electron chi connectivity index (χ2n) is 3.45. The zero-order valence-corrected chi connectivity index (χ0v) is 8.14. The molecule has 1 aliphatic rings. The third-order valence-electron chi connectivity index (χ3n) is 2.55. The van der Waals surface area contributed by atoms with Gasteiger partial charge in [-0.25, -0.2) is 4.79 Å². The molecule has 0 aromatic rings. The van der Waals surface area contributed by atoms with Gasteiger partial charge in [0.1, 0.15) is 5.60 Å². The molecule has 0 aromatic carbocycles. The van der Waals surface area contributed by atoms with Crippen LogP contribution in [0.3, 0.4) is 0 Å². The van der Waals surface area contributed by atoms with E-state index in [9.17, 15) is 4.79 Å². The highest BCUT2D eigenvalue weighted by Crippen LogP contribution is 2.28. The van der Waals surface area contributed by atoms with Crippen LogP contribution < -0.4 is 5.32 Å². The van der Waals surface area contributed by atoms with Gasteiger partial charge < -0.3 is 10.1 Å². The van der Waals surface area contributed by atoms with Crippen molar-refractivity contribution in [2.75, 3.05) is 6.54 Å². The summed E-state index contributed by atoms with van der Waals surface area (Å²) in [5.41, 5.74) is -0.303. The SMILES string of the molecule is C=CCC1(CC)CCCNC(=O)O1. The van der Waals surface area contributed by atoms with Gasteiger partial charge in [-0.15, -0.1) is 6.58 Å². The maximum atomic E-state index is 11.2. The number of alkyl carbamates (subject to hydrolysis) is 1. The minimum Gasteiger partial charge on any atom is -0.443 e. The molecule has 1 rings (SSSR count). The van der Waals surface area contributed by atoms with Crippen molar-refractivity contribution in [1.82, 2.24) is 5.32 Å². The molecule has 0 radical (unpaired) electrons. The maximum absolute atomic E-state index is 11.2. The second-order valence-corrected chi connectivity index (χ2v) is 3.45. The lowest BCUT2D eigenvalue weighted by atomic mass is 9.91. The molecule has 0 bridgehead atoms. The van der Waals surface area contributed by atoms with Crippen molar-refractivity contribution >= 4 is 6.09 Å². The summed E-state index contributed by atoms with van der Waals surface area (Å²) in [6.45, 7) is 6.46. The summed E-state index contributed by atoms with van der Waals surface area (Å²) in [7, 11) is 0. The molecule has 3 nitrogen and oxygen atoms in total. The Morgan fingerprint density at radius 1 is 1.77 bits per heavy atom. The van der Waals surface area contributed by atoms with Crippen LogP contribution in [0.5, 0.6) is 0 Å². The van der Waals surface area contributed by atoms with E-state index in [-0.39, 0.29) is 11.7 Å². The van der Waals surface area contributed by atoms with Crippen molar-refractivity contribution in [3.8, 4) is 0 Å². The highest BCUT2D eigenvalue weighted by Gasteiger charge is 2.32. The summed E-state index contributed by atoms with van der Waals surface area (Å²) >= 11 is 0. The van der Waals surface area contributed by atoms with Gasteiger partial charge in [-0.2, -0.15) is 0 Å². The maximum Gasteiger partial charge on any atom is 0.407 e. The fourth-order valence-electron chi connectivity index (χ4n) is 1.68. The predicted molar refractivity (Wildman–Crippen MR) is 51.6 cm³/mol. The normalized spacial score (nSPS) is 28.5. The second kappa shape index (κ2) is 4.30. The van der Waals surface area contributed by atoms with Crippen molar-refractivity contribution in [1.29, 1.82) is 0 Å². The Bertz CT molecular complexity index is 203. The van der Waals surface area contributed by atoms with Gasteiger partial charge in [0.05, 0.1) is 0 Å². The van der Waals surface area contributed by atoms with Crippen molar-refractivity contribution in [3.63, 3.8) is 0 Å². The number of hydrogen-bond acceptors (Lipinski definition) is 2. The molecule has 1 amide bonds. The van der Waals surface area contributed by atoms with Gasteiger partial charge in [0.25, 0.3) is 0 Å². The molecular weight excluding hydrogens is 166 g/mol. The number of nitrogens with one attached hydrogen (secondary N) is 1. The van der Waals surface area contributed by atoms with E-state index in [1.807, 2.05) is 13.0 Å². The lowest BCUT2D eigenvalue weighted by Gasteiger charge is -2.29. The molecule has 1 saturated heterocycles. The van der Waals surface area contributed by atoms with Crippen molar-refractivity contribution < 1.29 is 9.53 Å². The third kappa shape index (κ3) is 2.47. The van der Waals surface area contributed by atoms with E-state index in [0.717, 1.165) is 32.2 Å². The van der Waals surface area contributed by atoms with E-state index >= 15 is 0 Å². The predicted octanol–water partition coefficient (Wildman–Crippen LogP) is 2.23. The number of cyclic esters (lactones) is 1. The zero-order chi connectivity index (χ0) is 9.73. The lowest BCUT2D eigenvalue weighted by Crippen LogP contribution is -2.34. The summed E-state index contributed by atoms with van der Waals surface area (Å²) < 4.78 is 5.37. The van der Waals surface area contributed by atoms with Crippen LogP contribution in [0.4, 0.5) is 4.79 Å². The molecule has 0 saturated carbocycles. The molecule has 1 aliphatic heterocycles. The van der Waals surface area contributed by atoms with Crippen LogP contribution in [-0.2, 0) is 4.74 Å². The van der Waals surface area contributed by atoms with Crippen molar-refractivity contribution in [2.24, 2.45) is 0 Å². The molecule has 1 unspecified atom stereocenters. The molecule has 1 heterocycles. The first kappa shape index (κ1) is 10.1. The average molecular weight is 183 g/mol. The van der Waals surface area contributed by atoms with Crippen LogP contribution >= 0.6 is 0 Å². The fourth-order valence-corrected chi connectivity index (χ4v) is 1.68. The Hall–Kier alpha value is -0.990. The van der Waals surface area contributed by atoms with Crippen LogP contribution in [0.15, 0.2) is 12.7 Å². The quantitative estimate of drug-likeness (QED) is 0.681. The number of amides is 1. The molecular formula is C10H17NO2. The largest absolute Gasteiger partial charge is 0.443 e. The Kier molecular flexibility index (Phi) is 3.34. The fraction of sp³-hybridized carbons (Fsp3) is 0.700. The first-order valence-electron chi connectivity index (χ1n) is 4.80. The van der Waals surface area contributed by atoms with Crippen molar-refractivity contribution in [3.05, 3.63) is 12.7 Å². The van der Waals surface area contributed by atoms with Crippen molar-refractivity contribution in [2.45, 2.75) is 38.2 Å². The molecule has 1 atom stereocenters. The van der Waals surface area contributed by atoms with Crippen LogP contribution in [-0.4, -0.2) is 18.2 Å². The summed E-state index contributed by atoms with van der Waals surface area (Å²) in [6.07, 6.45) is 5.04. The Morgan fingerprint density at radius 3 is 3.15 bits per heavy atom. The third-order valence-corrected chi connectivity index (χ3v) is 2.55. The minimum absolute atomic E-state index is 0.291. The summed E-state index contributed by atoms with van der Waals surface area (Å²) in [6, 6.07) is 0. The Morgan fingerprint density at radius 2 is 2.54 bits per heavy atom. The topological polar surface area (TPSA) is 38.3 Å². The standard InChI is InChI=1S/C10H17NO2/c1-3-6-10(4-2)7-5-8-11-9(12)13-10/h3H,1,4-8H2,2H3,(H,11,12). The van der Waals surface area contributed by atoms with Gasteiger partial charge in [0, 0.05) is 13.0 Å². The molecule has 3 heteroatoms.